The van der Waals surface area contributed by atoms with Crippen LogP contribution in [0.2, 0.25) is 0 Å². The number of H-pyrrole nitrogens is 2. The summed E-state index contributed by atoms with van der Waals surface area (Å²) >= 11 is 0. The lowest BCUT2D eigenvalue weighted by atomic mass is 10.1. The number of aromatic nitrogens is 2. The van der Waals surface area contributed by atoms with Gasteiger partial charge >= 0.3 is 5.69 Å². The highest BCUT2D eigenvalue weighted by Gasteiger charge is 2.13. The first-order valence-electron chi connectivity index (χ1n) is 7.16. The molecule has 6 nitrogen and oxygen atoms in total. The Morgan fingerprint density at radius 2 is 1.91 bits per heavy atom. The van der Waals surface area contributed by atoms with Crippen LogP contribution in [0.1, 0.15) is 15.9 Å². The summed E-state index contributed by atoms with van der Waals surface area (Å²) in [6.07, 6.45) is 1.47. The van der Waals surface area contributed by atoms with E-state index in [9.17, 15) is 9.59 Å². The molecule has 0 bridgehead atoms. The molecule has 0 spiro atoms. The lowest BCUT2D eigenvalue weighted by Crippen LogP contribution is -2.22. The fourth-order valence-corrected chi connectivity index (χ4v) is 2.62. The molecular formula is C17H13N3O3. The van der Waals surface area contributed by atoms with Crippen molar-refractivity contribution in [1.82, 2.24) is 15.3 Å². The van der Waals surface area contributed by atoms with Gasteiger partial charge in [0.2, 0.25) is 0 Å². The number of benzene rings is 2. The molecular weight excluding hydrogens is 294 g/mol. The maximum Gasteiger partial charge on any atom is 0.323 e. The number of furan rings is 1. The van der Waals surface area contributed by atoms with Crippen molar-refractivity contribution in [1.29, 1.82) is 0 Å². The Bertz CT molecular complexity index is 1070. The number of rotatable bonds is 3. The Morgan fingerprint density at radius 3 is 2.83 bits per heavy atom. The summed E-state index contributed by atoms with van der Waals surface area (Å²) < 4.78 is 5.38. The van der Waals surface area contributed by atoms with Gasteiger partial charge in [0.1, 0.15) is 11.8 Å². The third-order valence-electron chi connectivity index (χ3n) is 3.76. The molecule has 0 aliphatic carbocycles. The number of fused-ring (bicyclic) bond motifs is 2. The van der Waals surface area contributed by atoms with Crippen LogP contribution in [-0.4, -0.2) is 15.9 Å². The average molecular weight is 307 g/mol. The van der Waals surface area contributed by atoms with Crippen molar-refractivity contribution in [3.63, 3.8) is 0 Å². The maximum atomic E-state index is 12.3. The van der Waals surface area contributed by atoms with Gasteiger partial charge in [-0.05, 0) is 23.8 Å². The summed E-state index contributed by atoms with van der Waals surface area (Å²) in [7, 11) is 0. The molecule has 0 fully saturated rings. The van der Waals surface area contributed by atoms with Crippen LogP contribution in [0.15, 0.2) is 57.9 Å². The lowest BCUT2D eigenvalue weighted by molar-refractivity contribution is 0.0951. The topological polar surface area (TPSA) is 90.9 Å². The summed E-state index contributed by atoms with van der Waals surface area (Å²) in [4.78, 5) is 29.0. The van der Waals surface area contributed by atoms with Gasteiger partial charge in [-0.3, -0.25) is 4.79 Å². The zero-order valence-corrected chi connectivity index (χ0v) is 12.1. The molecule has 0 aliphatic heterocycles. The summed E-state index contributed by atoms with van der Waals surface area (Å²) in [5.41, 5.74) is 3.31. The number of nitrogens with one attached hydrogen (secondary N) is 3. The van der Waals surface area contributed by atoms with E-state index in [-0.39, 0.29) is 11.6 Å². The molecule has 23 heavy (non-hydrogen) atoms. The minimum Gasteiger partial charge on any atom is -0.463 e. The van der Waals surface area contributed by atoms with Crippen LogP contribution >= 0.6 is 0 Å². The number of hydrogen-bond donors (Lipinski definition) is 3. The van der Waals surface area contributed by atoms with E-state index in [1.54, 1.807) is 0 Å². The zero-order valence-electron chi connectivity index (χ0n) is 12.1. The molecule has 6 heteroatoms. The van der Waals surface area contributed by atoms with Crippen LogP contribution in [0.4, 0.5) is 0 Å². The normalized spacial score (nSPS) is 11.1. The van der Waals surface area contributed by atoms with E-state index in [0.717, 1.165) is 22.0 Å². The van der Waals surface area contributed by atoms with Crippen molar-refractivity contribution in [2.75, 3.05) is 0 Å². The van der Waals surface area contributed by atoms with Crippen molar-refractivity contribution in [2.45, 2.75) is 6.54 Å². The monoisotopic (exact) mass is 307 g/mol. The molecule has 4 aromatic rings. The predicted molar refractivity (Wildman–Crippen MR) is 86.3 cm³/mol. The lowest BCUT2D eigenvalue weighted by Gasteiger charge is -2.04. The molecule has 3 N–H and O–H groups in total. The number of amides is 1. The highest BCUT2D eigenvalue weighted by atomic mass is 16.3. The van der Waals surface area contributed by atoms with Crippen LogP contribution in [-0.2, 0) is 6.54 Å². The Morgan fingerprint density at radius 1 is 1.09 bits per heavy atom. The summed E-state index contributed by atoms with van der Waals surface area (Å²) in [5, 5.41) is 3.65. The van der Waals surface area contributed by atoms with Gasteiger partial charge in [-0.2, -0.15) is 0 Å². The van der Waals surface area contributed by atoms with E-state index in [1.165, 1.54) is 6.26 Å². The highest BCUT2D eigenvalue weighted by molar-refractivity contribution is 6.05. The van der Waals surface area contributed by atoms with E-state index in [1.807, 2.05) is 42.5 Å². The zero-order chi connectivity index (χ0) is 15.8. The molecule has 0 aliphatic rings. The SMILES string of the molecule is O=C(NCc1ccc2[nH]c(=O)[nH]c2c1)c1coc2ccccc12. The van der Waals surface area contributed by atoms with E-state index >= 15 is 0 Å². The highest BCUT2D eigenvalue weighted by Crippen LogP contribution is 2.20. The van der Waals surface area contributed by atoms with Crippen molar-refractivity contribution in [3.05, 3.63) is 70.3 Å². The molecule has 2 heterocycles. The fourth-order valence-electron chi connectivity index (χ4n) is 2.62. The second kappa shape index (κ2) is 5.17. The van der Waals surface area contributed by atoms with Gasteiger partial charge in [0.05, 0.1) is 16.6 Å². The first-order chi connectivity index (χ1) is 11.2. The van der Waals surface area contributed by atoms with Crippen molar-refractivity contribution in [2.24, 2.45) is 0 Å². The Balaban J connectivity index is 1.55. The molecule has 0 saturated heterocycles. The van der Waals surface area contributed by atoms with Gasteiger partial charge in [-0.1, -0.05) is 24.3 Å². The molecule has 0 atom stereocenters. The van der Waals surface area contributed by atoms with Gasteiger partial charge in [-0.25, -0.2) is 4.79 Å². The minimum atomic E-state index is -0.244. The van der Waals surface area contributed by atoms with Gasteiger partial charge < -0.3 is 19.7 Å². The Hall–Kier alpha value is -3.28. The van der Waals surface area contributed by atoms with E-state index in [4.69, 9.17) is 4.42 Å². The summed E-state index contributed by atoms with van der Waals surface area (Å²) in [6, 6.07) is 12.9. The standard InChI is InChI=1S/C17H13N3O3/c21-16(12-9-23-15-4-2-1-3-11(12)15)18-8-10-5-6-13-14(7-10)20-17(22)19-13/h1-7,9H,8H2,(H,18,21)(H2,19,20,22). The van der Waals surface area contributed by atoms with Gasteiger partial charge in [0.15, 0.2) is 0 Å². The second-order valence-electron chi connectivity index (χ2n) is 5.29. The van der Waals surface area contributed by atoms with Crippen LogP contribution in [0, 0.1) is 0 Å². The fraction of sp³-hybridized carbons (Fsp3) is 0.0588. The number of para-hydroxylation sites is 1. The van der Waals surface area contributed by atoms with Crippen molar-refractivity contribution >= 4 is 27.9 Å². The Labute approximate surface area is 130 Å². The first kappa shape index (κ1) is 13.4. The molecule has 2 aromatic heterocycles. The number of hydrogen-bond acceptors (Lipinski definition) is 3. The molecule has 114 valence electrons. The molecule has 0 radical (unpaired) electrons. The first-order valence-corrected chi connectivity index (χ1v) is 7.16. The number of aromatic amines is 2. The summed E-state index contributed by atoms with van der Waals surface area (Å²) in [6.45, 7) is 0.363. The maximum absolute atomic E-state index is 12.3. The predicted octanol–water partition coefficient (Wildman–Crippen LogP) is 2.53. The summed E-state index contributed by atoms with van der Waals surface area (Å²) in [5.74, 6) is -0.197. The minimum absolute atomic E-state index is 0.197. The third kappa shape index (κ3) is 2.40. The van der Waals surface area contributed by atoms with E-state index in [2.05, 4.69) is 15.3 Å². The Kier molecular flexibility index (Phi) is 3.01. The van der Waals surface area contributed by atoms with Crippen LogP contribution < -0.4 is 11.0 Å². The van der Waals surface area contributed by atoms with Gasteiger partial charge in [-0.15, -0.1) is 0 Å². The third-order valence-corrected chi connectivity index (χ3v) is 3.76. The molecule has 2 aromatic carbocycles. The molecule has 1 amide bonds. The molecule has 0 unspecified atom stereocenters. The van der Waals surface area contributed by atoms with E-state index < -0.39 is 0 Å². The number of carbonyl (C=O) groups is 1. The van der Waals surface area contributed by atoms with Gasteiger partial charge in [0.25, 0.3) is 5.91 Å². The molecule has 0 saturated carbocycles. The van der Waals surface area contributed by atoms with Crippen molar-refractivity contribution < 1.29 is 9.21 Å². The quantitative estimate of drug-likeness (QED) is 0.543. The van der Waals surface area contributed by atoms with Crippen molar-refractivity contribution in [3.8, 4) is 0 Å². The largest absolute Gasteiger partial charge is 0.463 e. The number of carbonyl (C=O) groups excluding carboxylic acids is 1. The average Bonchev–Trinajstić information content (AvgIpc) is 3.14. The van der Waals surface area contributed by atoms with Crippen LogP contribution in [0.3, 0.4) is 0 Å². The molecule has 4 rings (SSSR count). The van der Waals surface area contributed by atoms with Gasteiger partial charge in [0, 0.05) is 11.9 Å². The second-order valence-corrected chi connectivity index (χ2v) is 5.29. The van der Waals surface area contributed by atoms with Crippen LogP contribution in [0.25, 0.3) is 22.0 Å². The smallest absolute Gasteiger partial charge is 0.323 e. The van der Waals surface area contributed by atoms with E-state index in [0.29, 0.717) is 17.7 Å². The van der Waals surface area contributed by atoms with Crippen LogP contribution in [0.5, 0.6) is 0 Å². The number of imidazole rings is 1.